The number of rotatable bonds is 8. The lowest BCUT2D eigenvalue weighted by molar-refractivity contribution is -0.384. The van der Waals surface area contributed by atoms with Gasteiger partial charge in [-0.1, -0.05) is 41.9 Å². The van der Waals surface area contributed by atoms with Crippen LogP contribution in [0.2, 0.25) is 5.02 Å². The number of amides is 2. The molecule has 2 amide bonds. The van der Waals surface area contributed by atoms with Gasteiger partial charge >= 0.3 is 5.97 Å². The molecular formula is C19H18ClN3O6. The third kappa shape index (κ3) is 6.58. The summed E-state index contributed by atoms with van der Waals surface area (Å²) in [6, 6.07) is 12.7. The summed E-state index contributed by atoms with van der Waals surface area (Å²) in [5, 5.41) is 15.7. The number of esters is 1. The Balaban J connectivity index is 1.81. The van der Waals surface area contributed by atoms with E-state index in [9.17, 15) is 24.5 Å². The van der Waals surface area contributed by atoms with Crippen LogP contribution in [0.15, 0.2) is 48.5 Å². The van der Waals surface area contributed by atoms with Gasteiger partial charge in [-0.25, -0.2) is 0 Å². The lowest BCUT2D eigenvalue weighted by atomic mass is 10.2. The molecule has 2 rings (SSSR count). The fraction of sp³-hybridized carbons (Fsp3) is 0.211. The van der Waals surface area contributed by atoms with Crippen LogP contribution in [0.3, 0.4) is 0 Å². The predicted octanol–water partition coefficient (Wildman–Crippen LogP) is 2.23. The summed E-state index contributed by atoms with van der Waals surface area (Å²) >= 11 is 5.69. The van der Waals surface area contributed by atoms with Gasteiger partial charge in [-0.3, -0.25) is 24.5 Å². The molecule has 1 atom stereocenters. The van der Waals surface area contributed by atoms with Crippen molar-refractivity contribution < 1.29 is 24.0 Å². The van der Waals surface area contributed by atoms with E-state index in [1.807, 2.05) is 30.3 Å². The molecule has 0 aliphatic rings. The SMILES string of the molecule is CC(OC(=O)CNC(=O)c1ccc(Cl)c([N+](=O)[O-])c1)C(=O)NCc1ccccc1. The first-order valence-electron chi connectivity index (χ1n) is 8.51. The molecule has 0 aliphatic heterocycles. The van der Waals surface area contributed by atoms with Crippen LogP contribution in [0, 0.1) is 10.1 Å². The van der Waals surface area contributed by atoms with Crippen LogP contribution < -0.4 is 10.6 Å². The summed E-state index contributed by atoms with van der Waals surface area (Å²) in [7, 11) is 0. The van der Waals surface area contributed by atoms with Gasteiger partial charge in [-0.05, 0) is 24.6 Å². The predicted molar refractivity (Wildman–Crippen MR) is 104 cm³/mol. The number of nitro groups is 1. The molecule has 152 valence electrons. The molecule has 0 saturated heterocycles. The topological polar surface area (TPSA) is 128 Å². The smallest absolute Gasteiger partial charge is 0.326 e. The molecule has 1 unspecified atom stereocenters. The molecule has 0 bridgehead atoms. The molecule has 0 aliphatic carbocycles. The van der Waals surface area contributed by atoms with Crippen LogP contribution in [0.25, 0.3) is 0 Å². The monoisotopic (exact) mass is 419 g/mol. The Hall–Kier alpha value is -3.46. The molecular weight excluding hydrogens is 402 g/mol. The molecule has 0 heterocycles. The number of ether oxygens (including phenoxy) is 1. The van der Waals surface area contributed by atoms with Crippen molar-refractivity contribution in [2.45, 2.75) is 19.6 Å². The largest absolute Gasteiger partial charge is 0.451 e. The van der Waals surface area contributed by atoms with E-state index in [1.165, 1.54) is 19.1 Å². The normalized spacial score (nSPS) is 11.2. The van der Waals surface area contributed by atoms with Crippen LogP contribution in [0.5, 0.6) is 0 Å². The minimum absolute atomic E-state index is 0.0393. The number of benzene rings is 2. The molecule has 10 heteroatoms. The van der Waals surface area contributed by atoms with E-state index in [-0.39, 0.29) is 17.1 Å². The van der Waals surface area contributed by atoms with Gasteiger partial charge in [0, 0.05) is 18.2 Å². The van der Waals surface area contributed by atoms with Gasteiger partial charge in [0.1, 0.15) is 11.6 Å². The molecule has 2 aromatic carbocycles. The van der Waals surface area contributed by atoms with Gasteiger partial charge in [0.25, 0.3) is 17.5 Å². The van der Waals surface area contributed by atoms with Gasteiger partial charge in [0.05, 0.1) is 4.92 Å². The molecule has 2 aromatic rings. The van der Waals surface area contributed by atoms with Crippen LogP contribution in [0.1, 0.15) is 22.8 Å². The Bertz CT molecular complexity index is 919. The first kappa shape index (κ1) is 21.8. The summed E-state index contributed by atoms with van der Waals surface area (Å²) in [6.45, 7) is 1.18. The number of hydrogen-bond donors (Lipinski definition) is 2. The van der Waals surface area contributed by atoms with E-state index in [2.05, 4.69) is 10.6 Å². The summed E-state index contributed by atoms with van der Waals surface area (Å²) in [5.41, 5.74) is 0.428. The quantitative estimate of drug-likeness (QED) is 0.383. The Labute approximate surface area is 171 Å². The number of carbonyl (C=O) groups excluding carboxylic acids is 3. The highest BCUT2D eigenvalue weighted by Gasteiger charge is 2.19. The number of halogens is 1. The zero-order valence-corrected chi connectivity index (χ0v) is 16.1. The number of hydrogen-bond acceptors (Lipinski definition) is 6. The zero-order valence-electron chi connectivity index (χ0n) is 15.4. The lowest BCUT2D eigenvalue weighted by Gasteiger charge is -2.14. The van der Waals surface area contributed by atoms with Crippen molar-refractivity contribution in [1.29, 1.82) is 0 Å². The van der Waals surface area contributed by atoms with Crippen molar-refractivity contribution in [3.63, 3.8) is 0 Å². The average Bonchev–Trinajstić information content (AvgIpc) is 2.71. The molecule has 0 saturated carbocycles. The fourth-order valence-corrected chi connectivity index (χ4v) is 2.46. The van der Waals surface area contributed by atoms with Gasteiger partial charge < -0.3 is 15.4 Å². The second kappa shape index (κ2) is 10.2. The van der Waals surface area contributed by atoms with Crippen molar-refractivity contribution in [2.75, 3.05) is 6.54 Å². The molecule has 9 nitrogen and oxygen atoms in total. The van der Waals surface area contributed by atoms with Crippen LogP contribution >= 0.6 is 11.6 Å². The summed E-state index contributed by atoms with van der Waals surface area (Å²) in [6.07, 6.45) is -1.06. The van der Waals surface area contributed by atoms with E-state index >= 15 is 0 Å². The number of nitrogens with zero attached hydrogens (tertiary/aromatic N) is 1. The van der Waals surface area contributed by atoms with E-state index in [1.54, 1.807) is 0 Å². The minimum Gasteiger partial charge on any atom is -0.451 e. The third-order valence-corrected chi connectivity index (χ3v) is 4.10. The highest BCUT2D eigenvalue weighted by Crippen LogP contribution is 2.24. The van der Waals surface area contributed by atoms with Crippen molar-refractivity contribution in [3.8, 4) is 0 Å². The summed E-state index contributed by atoms with van der Waals surface area (Å²) < 4.78 is 4.97. The molecule has 2 N–H and O–H groups in total. The third-order valence-electron chi connectivity index (χ3n) is 3.79. The van der Waals surface area contributed by atoms with Gasteiger partial charge in [0.15, 0.2) is 6.10 Å². The average molecular weight is 420 g/mol. The van der Waals surface area contributed by atoms with E-state index in [0.717, 1.165) is 11.6 Å². The van der Waals surface area contributed by atoms with E-state index < -0.39 is 41.0 Å². The molecule has 0 fully saturated rings. The number of nitrogens with one attached hydrogen (secondary N) is 2. The van der Waals surface area contributed by atoms with Crippen LogP contribution in [-0.4, -0.2) is 35.4 Å². The van der Waals surface area contributed by atoms with Crippen LogP contribution in [0.4, 0.5) is 5.69 Å². The highest BCUT2D eigenvalue weighted by atomic mass is 35.5. The van der Waals surface area contributed by atoms with Gasteiger partial charge in [0.2, 0.25) is 0 Å². The molecule has 0 radical (unpaired) electrons. The molecule has 0 spiro atoms. The molecule has 0 aromatic heterocycles. The summed E-state index contributed by atoms with van der Waals surface area (Å²) in [4.78, 5) is 46.0. The standard InChI is InChI=1S/C19H18ClN3O6/c1-12(18(25)21-10-13-5-3-2-4-6-13)29-17(24)11-22-19(26)14-7-8-15(20)16(9-14)23(27)28/h2-9,12H,10-11H2,1H3,(H,21,25)(H,22,26). The number of carbonyl (C=O) groups is 3. The fourth-order valence-electron chi connectivity index (χ4n) is 2.27. The van der Waals surface area contributed by atoms with Crippen molar-refractivity contribution in [2.24, 2.45) is 0 Å². The van der Waals surface area contributed by atoms with Crippen molar-refractivity contribution in [3.05, 3.63) is 74.8 Å². The highest BCUT2D eigenvalue weighted by molar-refractivity contribution is 6.32. The van der Waals surface area contributed by atoms with Gasteiger partial charge in [-0.2, -0.15) is 0 Å². The molecule has 29 heavy (non-hydrogen) atoms. The van der Waals surface area contributed by atoms with Gasteiger partial charge in [-0.15, -0.1) is 0 Å². The first-order valence-corrected chi connectivity index (χ1v) is 8.89. The lowest BCUT2D eigenvalue weighted by Crippen LogP contribution is -2.38. The van der Waals surface area contributed by atoms with Crippen LogP contribution in [-0.2, 0) is 20.9 Å². The first-order chi connectivity index (χ1) is 13.8. The Kier molecular flexibility index (Phi) is 7.67. The maximum atomic E-state index is 12.1. The second-order valence-corrected chi connectivity index (χ2v) is 6.35. The van der Waals surface area contributed by atoms with Crippen molar-refractivity contribution >= 4 is 35.1 Å². The van der Waals surface area contributed by atoms with Crippen molar-refractivity contribution in [1.82, 2.24) is 10.6 Å². The maximum absolute atomic E-state index is 12.1. The van der Waals surface area contributed by atoms with E-state index in [0.29, 0.717) is 0 Å². The number of nitro benzene ring substituents is 1. The zero-order chi connectivity index (χ0) is 21.4. The maximum Gasteiger partial charge on any atom is 0.326 e. The van der Waals surface area contributed by atoms with E-state index in [4.69, 9.17) is 16.3 Å². The Morgan fingerprint density at radius 2 is 1.83 bits per heavy atom. The second-order valence-electron chi connectivity index (χ2n) is 5.94. The minimum atomic E-state index is -1.06. The summed E-state index contributed by atoms with van der Waals surface area (Å²) in [5.74, 6) is -2.03. The Morgan fingerprint density at radius 3 is 2.48 bits per heavy atom. The Morgan fingerprint density at radius 1 is 1.14 bits per heavy atom.